The van der Waals surface area contributed by atoms with Crippen molar-refractivity contribution in [2.24, 2.45) is 0 Å². The predicted molar refractivity (Wildman–Crippen MR) is 74.4 cm³/mol. The van der Waals surface area contributed by atoms with E-state index in [-0.39, 0.29) is 0 Å². The van der Waals surface area contributed by atoms with Crippen LogP contribution in [0.4, 0.5) is 5.82 Å². The van der Waals surface area contributed by atoms with Gasteiger partial charge in [0.1, 0.15) is 13.7 Å². The van der Waals surface area contributed by atoms with Crippen molar-refractivity contribution in [3.63, 3.8) is 0 Å². The Morgan fingerprint density at radius 3 is 2.65 bits per heavy atom. The lowest BCUT2D eigenvalue weighted by atomic mass is 9.91. The van der Waals surface area contributed by atoms with Crippen molar-refractivity contribution in [3.05, 3.63) is 36.7 Å². The molecule has 0 bridgehead atoms. The summed E-state index contributed by atoms with van der Waals surface area (Å²) in [6.45, 7) is 3.09. The first-order valence-electron chi connectivity index (χ1n) is 5.93. The monoisotopic (exact) mass is 225 g/mol. The molecule has 0 radical (unpaired) electrons. The van der Waals surface area contributed by atoms with Gasteiger partial charge in [-0.25, -0.2) is 4.98 Å². The minimum Gasteiger partial charge on any atom is -0.370 e. The highest BCUT2D eigenvalue weighted by Gasteiger charge is 2.04. The van der Waals surface area contributed by atoms with Gasteiger partial charge in [-0.2, -0.15) is 0 Å². The van der Waals surface area contributed by atoms with Gasteiger partial charge in [-0.15, -0.1) is 0 Å². The van der Waals surface area contributed by atoms with E-state index in [2.05, 4.69) is 36.1 Å². The summed E-state index contributed by atoms with van der Waals surface area (Å²) in [5, 5.41) is 3.30. The second-order valence-corrected chi connectivity index (χ2v) is 4.02. The van der Waals surface area contributed by atoms with E-state index < -0.39 is 0 Å². The molecule has 17 heavy (non-hydrogen) atoms. The first-order chi connectivity index (χ1) is 8.31. The smallest absolute Gasteiger partial charge is 0.142 e. The Hall–Kier alpha value is -1.84. The average Bonchev–Trinajstić information content (AvgIpc) is 2.39. The Labute approximate surface area is 103 Å². The zero-order valence-electron chi connectivity index (χ0n) is 10.3. The molecular weight excluding hydrogens is 209 g/mol. The molecule has 0 spiro atoms. The van der Waals surface area contributed by atoms with E-state index >= 15 is 0 Å². The van der Waals surface area contributed by atoms with E-state index in [1.54, 1.807) is 12.4 Å². The Morgan fingerprint density at radius 2 is 1.94 bits per heavy atom. The summed E-state index contributed by atoms with van der Waals surface area (Å²) in [6, 6.07) is 8.09. The molecule has 2 aromatic heterocycles. The van der Waals surface area contributed by atoms with Crippen LogP contribution in [0, 0.1) is 0 Å². The Balaban J connectivity index is 2.33. The third-order valence-electron chi connectivity index (χ3n) is 2.61. The number of anilines is 1. The highest BCUT2D eigenvalue weighted by molar-refractivity contribution is 6.35. The van der Waals surface area contributed by atoms with Crippen molar-refractivity contribution in [3.8, 4) is 11.3 Å². The third-order valence-corrected chi connectivity index (χ3v) is 2.61. The maximum atomic E-state index is 4.64. The average molecular weight is 225 g/mol. The maximum Gasteiger partial charge on any atom is 0.142 e. The molecule has 4 heteroatoms. The highest BCUT2D eigenvalue weighted by atomic mass is 15.0. The van der Waals surface area contributed by atoms with Crippen molar-refractivity contribution in [2.75, 3.05) is 11.9 Å². The molecule has 3 nitrogen and oxygen atoms in total. The molecule has 0 atom stereocenters. The fourth-order valence-electron chi connectivity index (χ4n) is 1.68. The van der Waals surface area contributed by atoms with Crippen molar-refractivity contribution in [1.82, 2.24) is 9.97 Å². The van der Waals surface area contributed by atoms with Crippen LogP contribution >= 0.6 is 0 Å². The molecule has 2 heterocycles. The summed E-state index contributed by atoms with van der Waals surface area (Å²) >= 11 is 0. The topological polar surface area (TPSA) is 37.8 Å². The van der Waals surface area contributed by atoms with E-state index in [4.69, 9.17) is 0 Å². The van der Waals surface area contributed by atoms with Gasteiger partial charge in [-0.3, -0.25) is 4.98 Å². The second kappa shape index (κ2) is 5.48. The molecule has 0 aliphatic rings. The summed E-state index contributed by atoms with van der Waals surface area (Å²) in [6.07, 6.45) is 4.69. The van der Waals surface area contributed by atoms with Crippen LogP contribution in [0.15, 0.2) is 36.7 Å². The standard InChI is InChI=1S/C13H16BN3/c1-2-7-16-12-4-3-11(14)13(17-12)10-5-8-15-9-6-10/h3-6,8-9H,2,7,14H2,1H3,(H,16,17). The van der Waals surface area contributed by atoms with Gasteiger partial charge in [0, 0.05) is 24.5 Å². The van der Waals surface area contributed by atoms with Crippen LogP contribution in [0.25, 0.3) is 11.3 Å². The Bertz CT molecular complexity index is 485. The van der Waals surface area contributed by atoms with E-state index in [0.29, 0.717) is 0 Å². The van der Waals surface area contributed by atoms with Gasteiger partial charge in [-0.1, -0.05) is 18.5 Å². The van der Waals surface area contributed by atoms with E-state index in [9.17, 15) is 0 Å². The van der Waals surface area contributed by atoms with Crippen LogP contribution in [0.5, 0.6) is 0 Å². The van der Waals surface area contributed by atoms with E-state index in [1.165, 1.54) is 5.46 Å². The fraction of sp³-hybridized carbons (Fsp3) is 0.231. The van der Waals surface area contributed by atoms with Crippen molar-refractivity contribution >= 4 is 19.1 Å². The normalized spacial score (nSPS) is 10.2. The van der Waals surface area contributed by atoms with Crippen LogP contribution in [-0.2, 0) is 0 Å². The molecule has 2 rings (SSSR count). The van der Waals surface area contributed by atoms with Gasteiger partial charge < -0.3 is 5.32 Å². The molecule has 0 fully saturated rings. The lowest BCUT2D eigenvalue weighted by Crippen LogP contribution is -2.11. The molecule has 0 unspecified atom stereocenters. The molecule has 1 N–H and O–H groups in total. The van der Waals surface area contributed by atoms with Crippen molar-refractivity contribution < 1.29 is 0 Å². The first-order valence-corrected chi connectivity index (χ1v) is 5.93. The molecule has 86 valence electrons. The summed E-state index contributed by atoms with van der Waals surface area (Å²) in [5.41, 5.74) is 3.31. The summed E-state index contributed by atoms with van der Waals surface area (Å²) in [7, 11) is 2.08. The van der Waals surface area contributed by atoms with Crippen molar-refractivity contribution in [1.29, 1.82) is 0 Å². The highest BCUT2D eigenvalue weighted by Crippen LogP contribution is 2.15. The zero-order chi connectivity index (χ0) is 12.1. The number of nitrogens with zero attached hydrogens (tertiary/aromatic N) is 2. The summed E-state index contributed by atoms with van der Waals surface area (Å²) in [5.74, 6) is 0.935. The number of nitrogens with one attached hydrogen (secondary N) is 1. The van der Waals surface area contributed by atoms with Gasteiger partial charge in [0.15, 0.2) is 0 Å². The number of pyridine rings is 2. The quantitative estimate of drug-likeness (QED) is 0.795. The Morgan fingerprint density at radius 1 is 1.18 bits per heavy atom. The van der Waals surface area contributed by atoms with Crippen LogP contribution in [0.3, 0.4) is 0 Å². The molecule has 0 aliphatic carbocycles. The minimum atomic E-state index is 0.935. The summed E-state index contributed by atoms with van der Waals surface area (Å²) in [4.78, 5) is 8.67. The second-order valence-electron chi connectivity index (χ2n) is 4.02. The SMILES string of the molecule is Bc1ccc(NCCC)nc1-c1ccncc1. The lowest BCUT2D eigenvalue weighted by molar-refractivity contribution is 0.970. The first kappa shape index (κ1) is 11.6. The number of hydrogen-bond acceptors (Lipinski definition) is 3. The molecule has 0 aliphatic heterocycles. The molecule has 0 aromatic carbocycles. The summed E-state index contributed by atoms with van der Waals surface area (Å²) < 4.78 is 0. The molecule has 2 aromatic rings. The van der Waals surface area contributed by atoms with Gasteiger partial charge >= 0.3 is 0 Å². The predicted octanol–water partition coefficient (Wildman–Crippen LogP) is 1.22. The number of hydrogen-bond donors (Lipinski definition) is 1. The number of rotatable bonds is 4. The third kappa shape index (κ3) is 2.84. The zero-order valence-corrected chi connectivity index (χ0v) is 10.3. The molecule has 0 saturated heterocycles. The fourth-order valence-corrected chi connectivity index (χ4v) is 1.68. The molecular formula is C13H16BN3. The van der Waals surface area contributed by atoms with Gasteiger partial charge in [0.05, 0.1) is 5.69 Å². The lowest BCUT2D eigenvalue weighted by Gasteiger charge is -2.09. The van der Waals surface area contributed by atoms with Crippen molar-refractivity contribution in [2.45, 2.75) is 13.3 Å². The van der Waals surface area contributed by atoms with E-state index in [0.717, 1.165) is 30.0 Å². The van der Waals surface area contributed by atoms with Crippen LogP contribution in [0.1, 0.15) is 13.3 Å². The Kier molecular flexibility index (Phi) is 3.75. The van der Waals surface area contributed by atoms with E-state index in [1.807, 2.05) is 18.2 Å². The van der Waals surface area contributed by atoms with Gasteiger partial charge in [-0.05, 0) is 24.6 Å². The minimum absolute atomic E-state index is 0.935. The molecule has 0 amide bonds. The molecule has 0 saturated carbocycles. The van der Waals surface area contributed by atoms with Crippen LogP contribution in [-0.4, -0.2) is 24.4 Å². The van der Waals surface area contributed by atoms with Gasteiger partial charge in [0.25, 0.3) is 0 Å². The van der Waals surface area contributed by atoms with Crippen LogP contribution < -0.4 is 10.8 Å². The largest absolute Gasteiger partial charge is 0.370 e. The van der Waals surface area contributed by atoms with Crippen LogP contribution in [0.2, 0.25) is 0 Å². The van der Waals surface area contributed by atoms with Gasteiger partial charge in [0.2, 0.25) is 0 Å². The maximum absolute atomic E-state index is 4.64. The number of aromatic nitrogens is 2.